The van der Waals surface area contributed by atoms with Crippen LogP contribution in [-0.2, 0) is 15.1 Å². The van der Waals surface area contributed by atoms with E-state index in [4.69, 9.17) is 4.98 Å². The number of aromatic nitrogens is 2. The van der Waals surface area contributed by atoms with E-state index in [-0.39, 0.29) is 29.3 Å². The molecule has 202 valence electrons. The summed E-state index contributed by atoms with van der Waals surface area (Å²) in [5.41, 5.74) is 1.37. The molecule has 0 bridgehead atoms. The van der Waals surface area contributed by atoms with Gasteiger partial charge in [-0.15, -0.1) is 0 Å². The number of carbonyl (C=O) groups excluding carboxylic acids is 2. The van der Waals surface area contributed by atoms with Crippen LogP contribution in [0.1, 0.15) is 31.7 Å². The fourth-order valence-corrected chi connectivity index (χ4v) is 7.57. The van der Waals surface area contributed by atoms with Crippen LogP contribution in [0.4, 0.5) is 5.69 Å². The van der Waals surface area contributed by atoms with E-state index in [9.17, 15) is 14.4 Å². The van der Waals surface area contributed by atoms with Crippen molar-refractivity contribution in [1.29, 1.82) is 0 Å². The van der Waals surface area contributed by atoms with Crippen molar-refractivity contribution in [1.82, 2.24) is 14.9 Å². The van der Waals surface area contributed by atoms with E-state index < -0.39 is 17.4 Å². The van der Waals surface area contributed by atoms with Gasteiger partial charge >= 0.3 is 0 Å². The number of para-hydroxylation sites is 2. The number of hydrogen-bond acceptors (Lipinski definition) is 5. The molecule has 4 heterocycles. The predicted octanol–water partition coefficient (Wildman–Crippen LogP) is 4.92. The summed E-state index contributed by atoms with van der Waals surface area (Å²) < 4.78 is 1.65. The highest BCUT2D eigenvalue weighted by Gasteiger charge is 2.69. The third-order valence-corrected chi connectivity index (χ3v) is 9.10. The molecule has 41 heavy (non-hydrogen) atoms. The highest BCUT2D eigenvalue weighted by atomic mass is 16.2. The van der Waals surface area contributed by atoms with Crippen molar-refractivity contribution in [2.24, 2.45) is 17.8 Å². The van der Waals surface area contributed by atoms with E-state index in [1.54, 1.807) is 10.6 Å². The average molecular weight is 541 g/mol. The molecule has 1 spiro atoms. The lowest BCUT2D eigenvalue weighted by Crippen LogP contribution is -2.50. The molecule has 2 amide bonds. The summed E-state index contributed by atoms with van der Waals surface area (Å²) in [6, 6.07) is 28.3. The average Bonchev–Trinajstić information content (AvgIpc) is 3.55. The summed E-state index contributed by atoms with van der Waals surface area (Å²) in [4.78, 5) is 49.7. The number of benzene rings is 4. The molecule has 1 N–H and O–H groups in total. The Morgan fingerprint density at radius 2 is 1.49 bits per heavy atom. The first kappa shape index (κ1) is 24.2. The normalized spacial score (nSPS) is 24.6. The van der Waals surface area contributed by atoms with Gasteiger partial charge < -0.3 is 0 Å². The first-order valence-electron chi connectivity index (χ1n) is 14.2. The topological polar surface area (TPSA) is 84.3 Å². The monoisotopic (exact) mass is 540 g/mol. The third kappa shape index (κ3) is 3.07. The zero-order valence-corrected chi connectivity index (χ0v) is 22.7. The van der Waals surface area contributed by atoms with E-state index in [2.05, 4.69) is 19.2 Å². The van der Waals surface area contributed by atoms with E-state index >= 15 is 0 Å². The maximum atomic E-state index is 14.8. The van der Waals surface area contributed by atoms with Crippen molar-refractivity contribution in [2.75, 3.05) is 4.90 Å². The molecule has 5 aromatic rings. The Hall–Kier alpha value is -4.62. The molecule has 8 rings (SSSR count). The Bertz CT molecular complexity index is 1990. The summed E-state index contributed by atoms with van der Waals surface area (Å²) in [6.45, 7) is 4.25. The van der Waals surface area contributed by atoms with E-state index in [1.807, 2.05) is 84.9 Å². The maximum absolute atomic E-state index is 14.8. The molecule has 3 aliphatic rings. The lowest BCUT2D eigenvalue weighted by atomic mass is 9.75. The molecule has 7 heteroatoms. The summed E-state index contributed by atoms with van der Waals surface area (Å²) in [5, 5.41) is 6.12. The summed E-state index contributed by atoms with van der Waals surface area (Å²) in [6.07, 6.45) is 0.700. The first-order valence-corrected chi connectivity index (χ1v) is 14.2. The third-order valence-electron chi connectivity index (χ3n) is 9.10. The second-order valence-corrected chi connectivity index (χ2v) is 11.8. The largest absolute Gasteiger partial charge is 0.297 e. The van der Waals surface area contributed by atoms with Gasteiger partial charge in [-0.1, -0.05) is 80.6 Å². The molecule has 1 aromatic heterocycles. The van der Waals surface area contributed by atoms with E-state index in [1.165, 1.54) is 4.90 Å². The van der Waals surface area contributed by atoms with Gasteiger partial charge in [0.05, 0.1) is 34.1 Å². The van der Waals surface area contributed by atoms with Gasteiger partial charge in [-0.25, -0.2) is 9.88 Å². The van der Waals surface area contributed by atoms with Crippen LogP contribution >= 0.6 is 0 Å². The number of fused-ring (bicyclic) bond motifs is 9. The van der Waals surface area contributed by atoms with Crippen molar-refractivity contribution in [3.05, 3.63) is 113 Å². The van der Waals surface area contributed by atoms with Crippen molar-refractivity contribution in [3.63, 3.8) is 0 Å². The molecule has 7 nitrogen and oxygen atoms in total. The Morgan fingerprint density at radius 1 is 0.805 bits per heavy atom. The molecule has 0 saturated carbocycles. The second-order valence-electron chi connectivity index (χ2n) is 11.8. The molecule has 0 aliphatic carbocycles. The maximum Gasteiger partial charge on any atom is 0.266 e. The highest BCUT2D eigenvalue weighted by molar-refractivity contribution is 6.26. The lowest BCUT2D eigenvalue weighted by Gasteiger charge is -2.32. The van der Waals surface area contributed by atoms with Gasteiger partial charge in [-0.3, -0.25) is 24.3 Å². The number of hydrogen-bond donors (Lipinski definition) is 1. The Balaban J connectivity index is 1.41. The van der Waals surface area contributed by atoms with Crippen LogP contribution in [0.2, 0.25) is 0 Å². The molecular weight excluding hydrogens is 512 g/mol. The minimum Gasteiger partial charge on any atom is -0.297 e. The molecule has 3 aliphatic heterocycles. The van der Waals surface area contributed by atoms with Crippen LogP contribution in [0.3, 0.4) is 0 Å². The SMILES string of the molecule is CC(C)C[C@@H]1N[C@]2(c3ccccc3-n3c2nc2ccccc2c3=O)[C@H]2C(=O)N(c3cccc4ccccc34)C(=O)[C@@H]12. The molecule has 4 aromatic carbocycles. The van der Waals surface area contributed by atoms with E-state index in [0.717, 1.165) is 16.3 Å². The highest BCUT2D eigenvalue weighted by Crippen LogP contribution is 2.56. The van der Waals surface area contributed by atoms with Crippen molar-refractivity contribution >= 4 is 39.2 Å². The summed E-state index contributed by atoms with van der Waals surface area (Å²) in [7, 11) is 0. The molecule has 0 radical (unpaired) electrons. The van der Waals surface area contributed by atoms with Gasteiger partial charge in [0.25, 0.3) is 5.56 Å². The number of rotatable bonds is 3. The number of anilines is 1. The van der Waals surface area contributed by atoms with Crippen molar-refractivity contribution in [3.8, 4) is 5.69 Å². The lowest BCUT2D eigenvalue weighted by molar-refractivity contribution is -0.123. The predicted molar refractivity (Wildman–Crippen MR) is 158 cm³/mol. The standard InChI is InChI=1S/C34H28N4O3/c1-19(2)18-25-28-29(32(41)37(31(28)40)26-17-9-11-20-10-3-4-12-21(20)26)34(36-25)23-14-6-8-16-27(23)38-30(39)22-13-5-7-15-24(22)35-33(34)38/h3-17,19,25,28-29,36H,18H2,1-2H3/t25-,28-,29+,34+/m0/s1. The first-order chi connectivity index (χ1) is 19.9. The molecular formula is C34H28N4O3. The van der Waals surface area contributed by atoms with Crippen LogP contribution < -0.4 is 15.8 Å². The van der Waals surface area contributed by atoms with Crippen LogP contribution in [0.5, 0.6) is 0 Å². The number of carbonyl (C=O) groups is 2. The number of nitrogens with zero attached hydrogens (tertiary/aromatic N) is 3. The van der Waals surface area contributed by atoms with E-state index in [0.29, 0.717) is 34.5 Å². The fourth-order valence-electron chi connectivity index (χ4n) is 7.57. The Kier molecular flexibility index (Phi) is 4.98. The smallest absolute Gasteiger partial charge is 0.266 e. The molecule has 2 fully saturated rings. The summed E-state index contributed by atoms with van der Waals surface area (Å²) in [5.74, 6) is -1.08. The number of amides is 2. The zero-order valence-electron chi connectivity index (χ0n) is 22.7. The van der Waals surface area contributed by atoms with Gasteiger partial charge in [-0.2, -0.15) is 0 Å². The minimum atomic E-state index is -1.13. The Morgan fingerprint density at radius 3 is 2.32 bits per heavy atom. The second kappa shape index (κ2) is 8.44. The van der Waals surface area contributed by atoms with Crippen molar-refractivity contribution < 1.29 is 9.59 Å². The van der Waals surface area contributed by atoms with Crippen molar-refractivity contribution in [2.45, 2.75) is 31.8 Å². The summed E-state index contributed by atoms with van der Waals surface area (Å²) >= 11 is 0. The number of nitrogens with one attached hydrogen (secondary N) is 1. The zero-order chi connectivity index (χ0) is 28.0. The van der Waals surface area contributed by atoms with Gasteiger partial charge in [-0.05, 0) is 42.0 Å². The van der Waals surface area contributed by atoms with Gasteiger partial charge in [0.15, 0.2) is 0 Å². The molecule has 2 saturated heterocycles. The van der Waals surface area contributed by atoms with Crippen LogP contribution in [-0.4, -0.2) is 27.4 Å². The van der Waals surface area contributed by atoms with Crippen LogP contribution in [0.15, 0.2) is 95.8 Å². The van der Waals surface area contributed by atoms with Gasteiger partial charge in [0.1, 0.15) is 11.4 Å². The minimum absolute atomic E-state index is 0.178. The quantitative estimate of drug-likeness (QED) is 0.329. The molecule has 4 atom stereocenters. The van der Waals surface area contributed by atoms with Gasteiger partial charge in [0.2, 0.25) is 11.8 Å². The Labute approximate surface area is 236 Å². The molecule has 0 unspecified atom stereocenters. The number of imide groups is 1. The fraction of sp³-hybridized carbons (Fsp3) is 0.235. The van der Waals surface area contributed by atoms with Crippen LogP contribution in [0, 0.1) is 17.8 Å². The van der Waals surface area contributed by atoms with Crippen LogP contribution in [0.25, 0.3) is 27.4 Å². The van der Waals surface area contributed by atoms with Gasteiger partial charge in [0, 0.05) is 17.0 Å².